The molecule has 2 aliphatic rings. The van der Waals surface area contributed by atoms with Crippen molar-refractivity contribution in [2.45, 2.75) is 6.04 Å². The number of carboxylic acid groups (broad SMARTS) is 1. The first-order valence-corrected chi connectivity index (χ1v) is 5.42. The topological polar surface area (TPSA) is 49.3 Å². The van der Waals surface area contributed by atoms with E-state index in [1.165, 1.54) is 0 Å². The number of rotatable bonds is 5. The second-order valence-corrected chi connectivity index (χ2v) is 3.99. The summed E-state index contributed by atoms with van der Waals surface area (Å²) >= 11 is 0. The molecule has 2 rings (SSSR count). The van der Waals surface area contributed by atoms with Gasteiger partial charge in [-0.3, -0.25) is 4.79 Å². The molecule has 0 fully saturated rings. The Morgan fingerprint density at radius 1 is 1.06 bits per heavy atom. The minimum Gasteiger partial charge on any atom is -0.480 e. The van der Waals surface area contributed by atoms with Gasteiger partial charge in [-0.05, 0) is 0 Å². The number of allylic oxidation sites excluding steroid dienone is 4. The van der Waals surface area contributed by atoms with Crippen LogP contribution < -0.4 is 5.32 Å². The molecule has 0 saturated heterocycles. The number of hydrogen-bond donors (Lipinski definition) is 2. The maximum absolute atomic E-state index is 10.6. The van der Waals surface area contributed by atoms with Gasteiger partial charge in [-0.15, -0.1) is 0 Å². The minimum absolute atomic E-state index is 0.00102. The van der Waals surface area contributed by atoms with E-state index >= 15 is 0 Å². The zero-order valence-corrected chi connectivity index (χ0v) is 8.91. The molecule has 0 unspecified atom stereocenters. The van der Waals surface area contributed by atoms with Crippen molar-refractivity contribution in [2.24, 2.45) is 11.8 Å². The van der Waals surface area contributed by atoms with E-state index in [1.807, 2.05) is 24.3 Å². The Morgan fingerprint density at radius 2 is 1.50 bits per heavy atom. The van der Waals surface area contributed by atoms with Gasteiger partial charge < -0.3 is 10.4 Å². The lowest BCUT2D eigenvalue weighted by atomic mass is 9.90. The molecule has 0 heterocycles. The smallest absolute Gasteiger partial charge is 0.317 e. The molecule has 0 spiro atoms. The average molecular weight is 217 g/mol. The highest BCUT2D eigenvalue weighted by Crippen LogP contribution is 2.24. The molecule has 0 aliphatic heterocycles. The largest absolute Gasteiger partial charge is 0.480 e. The number of carbonyl (C=O) groups is 1. The third kappa shape index (κ3) is 2.49. The first kappa shape index (κ1) is 10.9. The fraction of sp³-hybridized carbons (Fsp3) is 0.308. The summed E-state index contributed by atoms with van der Waals surface area (Å²) in [5, 5.41) is 11.8. The van der Waals surface area contributed by atoms with Gasteiger partial charge >= 0.3 is 5.97 Å². The maximum atomic E-state index is 10.6. The fourth-order valence-electron chi connectivity index (χ4n) is 2.11. The Bertz CT molecular complexity index is 327. The molecule has 16 heavy (non-hydrogen) atoms. The maximum Gasteiger partial charge on any atom is 0.317 e. The van der Waals surface area contributed by atoms with E-state index in [-0.39, 0.29) is 24.4 Å². The zero-order chi connectivity index (χ0) is 11.4. The van der Waals surface area contributed by atoms with Crippen molar-refractivity contribution in [1.29, 1.82) is 0 Å². The van der Waals surface area contributed by atoms with E-state index in [9.17, 15) is 4.79 Å². The number of aliphatic carboxylic acids is 1. The van der Waals surface area contributed by atoms with Crippen molar-refractivity contribution in [3.05, 3.63) is 48.6 Å². The van der Waals surface area contributed by atoms with Crippen LogP contribution in [-0.2, 0) is 4.79 Å². The highest BCUT2D eigenvalue weighted by Gasteiger charge is 2.25. The van der Waals surface area contributed by atoms with Crippen LogP contribution in [0.25, 0.3) is 0 Å². The number of hydrogen-bond acceptors (Lipinski definition) is 2. The summed E-state index contributed by atoms with van der Waals surface area (Å²) in [6.07, 6.45) is 16.4. The van der Waals surface area contributed by atoms with E-state index in [2.05, 4.69) is 29.6 Å². The molecule has 3 nitrogen and oxygen atoms in total. The lowest BCUT2D eigenvalue weighted by Gasteiger charge is -2.25. The fourth-order valence-corrected chi connectivity index (χ4v) is 2.11. The minimum atomic E-state index is -0.818. The van der Waals surface area contributed by atoms with Gasteiger partial charge in [-0.1, -0.05) is 48.6 Å². The van der Waals surface area contributed by atoms with Crippen LogP contribution in [0.4, 0.5) is 0 Å². The molecule has 0 saturated carbocycles. The summed E-state index contributed by atoms with van der Waals surface area (Å²) in [5.41, 5.74) is 0. The van der Waals surface area contributed by atoms with Crippen LogP contribution in [0.2, 0.25) is 0 Å². The predicted molar refractivity (Wildman–Crippen MR) is 63.0 cm³/mol. The lowest BCUT2D eigenvalue weighted by Crippen LogP contribution is -2.41. The summed E-state index contributed by atoms with van der Waals surface area (Å²) in [6.45, 7) is 0.00102. The number of nitrogens with one attached hydrogen (secondary N) is 1. The lowest BCUT2D eigenvalue weighted by molar-refractivity contribution is -0.136. The van der Waals surface area contributed by atoms with Crippen LogP contribution in [0.3, 0.4) is 0 Å². The third-order valence-corrected chi connectivity index (χ3v) is 2.87. The second kappa shape index (κ2) is 4.94. The Morgan fingerprint density at radius 3 is 1.88 bits per heavy atom. The van der Waals surface area contributed by atoms with Crippen molar-refractivity contribution in [1.82, 2.24) is 5.32 Å². The molecule has 3 heteroatoms. The molecule has 0 atom stereocenters. The molecule has 0 aromatic heterocycles. The van der Waals surface area contributed by atoms with Crippen molar-refractivity contribution in [3.63, 3.8) is 0 Å². The predicted octanol–water partition coefficient (Wildman–Crippen LogP) is 1.51. The quantitative estimate of drug-likeness (QED) is 0.734. The molecule has 2 N–H and O–H groups in total. The van der Waals surface area contributed by atoms with Gasteiger partial charge in [-0.25, -0.2) is 0 Å². The van der Waals surface area contributed by atoms with Crippen molar-refractivity contribution >= 4 is 5.97 Å². The molecule has 0 bridgehead atoms. The van der Waals surface area contributed by atoms with Crippen LogP contribution in [0.1, 0.15) is 0 Å². The highest BCUT2D eigenvalue weighted by atomic mass is 16.4. The summed E-state index contributed by atoms with van der Waals surface area (Å²) < 4.78 is 0. The van der Waals surface area contributed by atoms with E-state index < -0.39 is 5.97 Å². The van der Waals surface area contributed by atoms with Crippen LogP contribution in [-0.4, -0.2) is 23.7 Å². The second-order valence-electron chi connectivity index (χ2n) is 3.99. The molecular weight excluding hydrogens is 202 g/mol. The van der Waals surface area contributed by atoms with Crippen molar-refractivity contribution in [3.8, 4) is 0 Å². The molecule has 84 valence electrons. The summed E-state index contributed by atoms with van der Waals surface area (Å²) in [4.78, 5) is 10.6. The third-order valence-electron chi connectivity index (χ3n) is 2.87. The molecular formula is C13H15NO2. The van der Waals surface area contributed by atoms with Gasteiger partial charge in [0.1, 0.15) is 0 Å². The SMILES string of the molecule is O=C(O)CNC(C1C=CC=C1)C1C=CC=C1. The molecule has 0 aromatic rings. The van der Waals surface area contributed by atoms with E-state index in [0.717, 1.165) is 0 Å². The summed E-state index contributed by atoms with van der Waals surface area (Å²) in [7, 11) is 0. The van der Waals surface area contributed by atoms with Gasteiger partial charge in [0.15, 0.2) is 0 Å². The molecule has 0 amide bonds. The van der Waals surface area contributed by atoms with Crippen LogP contribution >= 0.6 is 0 Å². The zero-order valence-electron chi connectivity index (χ0n) is 8.91. The Balaban J connectivity index is 2.03. The Labute approximate surface area is 94.9 Å². The van der Waals surface area contributed by atoms with Gasteiger partial charge in [0.2, 0.25) is 0 Å². The van der Waals surface area contributed by atoms with Gasteiger partial charge in [0.05, 0.1) is 6.54 Å². The molecule has 0 aromatic carbocycles. The highest BCUT2D eigenvalue weighted by molar-refractivity contribution is 5.69. The number of carboxylic acids is 1. The van der Waals surface area contributed by atoms with Gasteiger partial charge in [-0.2, -0.15) is 0 Å². The van der Waals surface area contributed by atoms with Crippen molar-refractivity contribution < 1.29 is 9.90 Å². The Hall–Kier alpha value is -1.61. The van der Waals surface area contributed by atoms with Crippen molar-refractivity contribution in [2.75, 3.05) is 6.54 Å². The van der Waals surface area contributed by atoms with Gasteiger partial charge in [0, 0.05) is 17.9 Å². The van der Waals surface area contributed by atoms with Crippen LogP contribution in [0.15, 0.2) is 48.6 Å². The standard InChI is InChI=1S/C13H15NO2/c15-12(16)9-14-13(10-5-1-2-6-10)11-7-3-4-8-11/h1-8,10-11,13-14H,9H2,(H,15,16). The molecule has 0 radical (unpaired) electrons. The van der Waals surface area contributed by atoms with Crippen LogP contribution in [0.5, 0.6) is 0 Å². The first-order chi connectivity index (χ1) is 7.77. The Kier molecular flexibility index (Phi) is 3.37. The monoisotopic (exact) mass is 217 g/mol. The normalized spacial score (nSPS) is 19.3. The summed E-state index contributed by atoms with van der Waals surface area (Å²) in [6, 6.07) is 0.126. The summed E-state index contributed by atoms with van der Waals surface area (Å²) in [5.74, 6) is -0.268. The van der Waals surface area contributed by atoms with E-state index in [0.29, 0.717) is 0 Å². The average Bonchev–Trinajstić information content (AvgIpc) is 2.88. The van der Waals surface area contributed by atoms with Crippen LogP contribution in [0, 0.1) is 11.8 Å². The van der Waals surface area contributed by atoms with Gasteiger partial charge in [0.25, 0.3) is 0 Å². The molecule has 2 aliphatic carbocycles. The van der Waals surface area contributed by atoms with E-state index in [4.69, 9.17) is 5.11 Å². The first-order valence-electron chi connectivity index (χ1n) is 5.42. The van der Waals surface area contributed by atoms with E-state index in [1.54, 1.807) is 0 Å².